The molecule has 2 fully saturated rings. The second-order valence-electron chi connectivity index (χ2n) is 6.08. The Morgan fingerprint density at radius 3 is 2.67 bits per heavy atom. The van der Waals surface area contributed by atoms with Crippen LogP contribution in [0, 0.1) is 17.6 Å². The van der Waals surface area contributed by atoms with Crippen LogP contribution in [-0.2, 0) is 0 Å². The number of nitrogens with zero attached hydrogens (tertiary/aromatic N) is 1. The van der Waals surface area contributed by atoms with Gasteiger partial charge in [-0.25, -0.2) is 8.78 Å². The van der Waals surface area contributed by atoms with Gasteiger partial charge in [-0.1, -0.05) is 12.8 Å². The molecule has 3 rings (SSSR count). The summed E-state index contributed by atoms with van der Waals surface area (Å²) in [5.74, 6) is -1.83. The minimum Gasteiger partial charge on any atom is -0.396 e. The van der Waals surface area contributed by atoms with Crippen LogP contribution in [0.5, 0.6) is 0 Å². The molecule has 0 bridgehead atoms. The third-order valence-electron chi connectivity index (χ3n) is 4.84. The molecule has 5 heteroatoms. The summed E-state index contributed by atoms with van der Waals surface area (Å²) in [7, 11) is 0. The number of anilines is 1. The molecule has 1 saturated heterocycles. The van der Waals surface area contributed by atoms with E-state index in [1.165, 1.54) is 6.42 Å². The van der Waals surface area contributed by atoms with E-state index in [0.29, 0.717) is 12.5 Å². The van der Waals surface area contributed by atoms with Crippen molar-refractivity contribution in [2.75, 3.05) is 12.3 Å². The number of carbonyl (C=O) groups is 1. The van der Waals surface area contributed by atoms with E-state index < -0.39 is 23.1 Å². The van der Waals surface area contributed by atoms with Crippen molar-refractivity contribution in [3.8, 4) is 0 Å². The van der Waals surface area contributed by atoms with Crippen molar-refractivity contribution in [2.45, 2.75) is 44.6 Å². The van der Waals surface area contributed by atoms with Crippen molar-refractivity contribution in [3.05, 3.63) is 29.3 Å². The summed E-state index contributed by atoms with van der Waals surface area (Å²) in [6.07, 6.45) is 6.31. The molecule has 2 atom stereocenters. The third-order valence-corrected chi connectivity index (χ3v) is 4.84. The molecule has 0 radical (unpaired) electrons. The summed E-state index contributed by atoms with van der Waals surface area (Å²) in [5, 5.41) is 0. The zero-order valence-electron chi connectivity index (χ0n) is 11.9. The molecular weight excluding hydrogens is 274 g/mol. The Morgan fingerprint density at radius 2 is 1.86 bits per heavy atom. The molecule has 0 aromatic heterocycles. The Labute approximate surface area is 123 Å². The zero-order valence-corrected chi connectivity index (χ0v) is 11.9. The maximum absolute atomic E-state index is 14.1. The van der Waals surface area contributed by atoms with E-state index in [1.807, 2.05) is 0 Å². The molecule has 3 nitrogen and oxygen atoms in total. The Hall–Kier alpha value is -1.65. The standard InChI is InChI=1S/C16H20F2N2O/c17-11-7-8-12(19)15(18)14(11)16(21)20-9-3-5-10-4-1-2-6-13(10)20/h7-8,10,13H,1-6,9,19H2. The van der Waals surface area contributed by atoms with Crippen LogP contribution < -0.4 is 5.73 Å². The lowest BCUT2D eigenvalue weighted by molar-refractivity contribution is 0.0382. The van der Waals surface area contributed by atoms with Crippen LogP contribution in [0.25, 0.3) is 0 Å². The molecule has 1 aliphatic heterocycles. The molecule has 1 aliphatic carbocycles. The highest BCUT2D eigenvalue weighted by Crippen LogP contribution is 2.36. The van der Waals surface area contributed by atoms with Crippen LogP contribution in [0.3, 0.4) is 0 Å². The lowest BCUT2D eigenvalue weighted by Gasteiger charge is -2.44. The van der Waals surface area contributed by atoms with Crippen LogP contribution in [0.2, 0.25) is 0 Å². The molecule has 114 valence electrons. The highest BCUT2D eigenvalue weighted by molar-refractivity contribution is 5.96. The predicted molar refractivity (Wildman–Crippen MR) is 76.8 cm³/mol. The van der Waals surface area contributed by atoms with Crippen molar-refractivity contribution in [1.29, 1.82) is 0 Å². The fourth-order valence-corrected chi connectivity index (χ4v) is 3.79. The minimum absolute atomic E-state index is 0.125. The molecule has 1 aromatic carbocycles. The first-order valence-corrected chi connectivity index (χ1v) is 7.64. The van der Waals surface area contributed by atoms with Gasteiger partial charge in [0, 0.05) is 12.6 Å². The molecule has 1 heterocycles. The number of fused-ring (bicyclic) bond motifs is 1. The smallest absolute Gasteiger partial charge is 0.260 e. The number of likely N-dealkylation sites (tertiary alicyclic amines) is 1. The van der Waals surface area contributed by atoms with Gasteiger partial charge in [0.1, 0.15) is 11.4 Å². The number of amides is 1. The van der Waals surface area contributed by atoms with E-state index in [1.54, 1.807) is 4.90 Å². The largest absolute Gasteiger partial charge is 0.396 e. The maximum Gasteiger partial charge on any atom is 0.260 e. The second-order valence-corrected chi connectivity index (χ2v) is 6.08. The number of carbonyl (C=O) groups excluding carboxylic acids is 1. The topological polar surface area (TPSA) is 46.3 Å². The summed E-state index contributed by atoms with van der Waals surface area (Å²) < 4.78 is 28.0. The average Bonchev–Trinajstić information content (AvgIpc) is 2.50. The van der Waals surface area contributed by atoms with Gasteiger partial charge < -0.3 is 10.6 Å². The van der Waals surface area contributed by atoms with E-state index in [4.69, 9.17) is 5.73 Å². The average molecular weight is 294 g/mol. The van der Waals surface area contributed by atoms with Gasteiger partial charge in [0.15, 0.2) is 5.82 Å². The van der Waals surface area contributed by atoms with Crippen LogP contribution in [0.15, 0.2) is 12.1 Å². The van der Waals surface area contributed by atoms with Gasteiger partial charge in [0.25, 0.3) is 5.91 Å². The van der Waals surface area contributed by atoms with Gasteiger partial charge >= 0.3 is 0 Å². The van der Waals surface area contributed by atoms with E-state index in [9.17, 15) is 13.6 Å². The van der Waals surface area contributed by atoms with Crippen molar-refractivity contribution >= 4 is 11.6 Å². The fraction of sp³-hybridized carbons (Fsp3) is 0.562. The number of nitrogens with two attached hydrogens (primary N) is 1. The third kappa shape index (κ3) is 2.49. The number of hydrogen-bond donors (Lipinski definition) is 1. The summed E-state index contributed by atoms with van der Waals surface area (Å²) in [5.41, 5.74) is 4.79. The van der Waals surface area contributed by atoms with Crippen LogP contribution >= 0.6 is 0 Å². The number of nitrogen functional groups attached to an aromatic ring is 1. The fourth-order valence-electron chi connectivity index (χ4n) is 3.79. The molecule has 1 saturated carbocycles. The number of halogens is 2. The normalized spacial score (nSPS) is 25.5. The van der Waals surface area contributed by atoms with E-state index in [-0.39, 0.29) is 11.7 Å². The van der Waals surface area contributed by atoms with E-state index in [2.05, 4.69) is 0 Å². The highest BCUT2D eigenvalue weighted by Gasteiger charge is 2.37. The first kappa shape index (κ1) is 14.3. The summed E-state index contributed by atoms with van der Waals surface area (Å²) >= 11 is 0. The molecule has 2 N–H and O–H groups in total. The molecule has 2 unspecified atom stereocenters. The minimum atomic E-state index is -0.932. The van der Waals surface area contributed by atoms with Crippen molar-refractivity contribution in [1.82, 2.24) is 4.90 Å². The second kappa shape index (κ2) is 5.62. The van der Waals surface area contributed by atoms with Gasteiger partial charge in [0.2, 0.25) is 0 Å². The summed E-state index contributed by atoms with van der Waals surface area (Å²) in [4.78, 5) is 14.3. The monoisotopic (exact) mass is 294 g/mol. The number of benzene rings is 1. The Morgan fingerprint density at radius 1 is 1.14 bits per heavy atom. The molecule has 0 spiro atoms. The maximum atomic E-state index is 14.1. The Kier molecular flexibility index (Phi) is 3.83. The molecule has 1 aromatic rings. The number of hydrogen-bond acceptors (Lipinski definition) is 2. The van der Waals surface area contributed by atoms with Crippen molar-refractivity contribution < 1.29 is 13.6 Å². The van der Waals surface area contributed by atoms with Crippen LogP contribution in [-0.4, -0.2) is 23.4 Å². The first-order chi connectivity index (χ1) is 10.1. The van der Waals surface area contributed by atoms with Crippen molar-refractivity contribution in [2.24, 2.45) is 5.92 Å². The lowest BCUT2D eigenvalue weighted by atomic mass is 9.78. The van der Waals surface area contributed by atoms with Gasteiger partial charge in [-0.05, 0) is 43.7 Å². The van der Waals surface area contributed by atoms with Gasteiger partial charge in [-0.3, -0.25) is 4.79 Å². The lowest BCUT2D eigenvalue weighted by Crippen LogP contribution is -2.50. The Balaban J connectivity index is 1.92. The van der Waals surface area contributed by atoms with E-state index >= 15 is 0 Å². The van der Waals surface area contributed by atoms with Crippen molar-refractivity contribution in [3.63, 3.8) is 0 Å². The molecular formula is C16H20F2N2O. The molecule has 2 aliphatic rings. The Bertz CT molecular complexity index is 559. The SMILES string of the molecule is Nc1ccc(F)c(C(=O)N2CCCC3CCCCC32)c1F. The number of piperidine rings is 1. The van der Waals surface area contributed by atoms with Gasteiger partial charge in [0.05, 0.1) is 5.69 Å². The molecule has 21 heavy (non-hydrogen) atoms. The number of rotatable bonds is 1. The zero-order chi connectivity index (χ0) is 15.0. The highest BCUT2D eigenvalue weighted by atomic mass is 19.1. The van der Waals surface area contributed by atoms with Crippen LogP contribution in [0.4, 0.5) is 14.5 Å². The summed E-state index contributed by atoms with van der Waals surface area (Å²) in [6, 6.07) is 2.34. The quantitative estimate of drug-likeness (QED) is 0.807. The van der Waals surface area contributed by atoms with E-state index in [0.717, 1.165) is 44.2 Å². The molecule has 1 amide bonds. The van der Waals surface area contributed by atoms with Gasteiger partial charge in [-0.2, -0.15) is 0 Å². The van der Waals surface area contributed by atoms with Crippen LogP contribution in [0.1, 0.15) is 48.9 Å². The predicted octanol–water partition coefficient (Wildman–Crippen LogP) is 3.34. The first-order valence-electron chi connectivity index (χ1n) is 7.64. The van der Waals surface area contributed by atoms with Gasteiger partial charge in [-0.15, -0.1) is 0 Å². The summed E-state index contributed by atoms with van der Waals surface area (Å²) in [6.45, 7) is 0.577.